The van der Waals surface area contributed by atoms with E-state index in [1.54, 1.807) is 16.7 Å². The molecular formula is C35H59N. The maximum atomic E-state index is 7.31. The molecule has 0 saturated heterocycles. The van der Waals surface area contributed by atoms with Gasteiger partial charge in [-0.3, -0.25) is 0 Å². The smallest absolute Gasteiger partial charge is 0.0255 e. The third-order valence-corrected chi connectivity index (χ3v) is 9.51. The fourth-order valence-corrected chi connectivity index (χ4v) is 6.79. The molecule has 0 bridgehead atoms. The van der Waals surface area contributed by atoms with Gasteiger partial charge in [-0.1, -0.05) is 103 Å². The molecule has 2 aliphatic rings. The fraction of sp³-hybridized carbons (Fsp3) is 0.714. The minimum atomic E-state index is 0.0273. The van der Waals surface area contributed by atoms with Crippen LogP contribution in [0.3, 0.4) is 0 Å². The van der Waals surface area contributed by atoms with Crippen LogP contribution in [0.2, 0.25) is 0 Å². The summed E-state index contributed by atoms with van der Waals surface area (Å²) in [5.41, 5.74) is 13.6. The molecule has 0 amide bonds. The van der Waals surface area contributed by atoms with Gasteiger partial charge < -0.3 is 5.73 Å². The first kappa shape index (κ1) is 30.9. The Hall–Kier alpha value is -1.34. The molecule has 2 N–H and O–H groups in total. The SMILES string of the molecule is C=C(CC(CCCCC)CCC1CCC2Cc3c(CCC)cccc3CC12N)C(C)CC.C=CCC. The number of aryl methyl sites for hydroxylation is 1. The van der Waals surface area contributed by atoms with Crippen LogP contribution < -0.4 is 5.73 Å². The highest BCUT2D eigenvalue weighted by Gasteiger charge is 2.49. The van der Waals surface area contributed by atoms with Gasteiger partial charge in [-0.2, -0.15) is 0 Å². The quantitative estimate of drug-likeness (QED) is 0.202. The summed E-state index contributed by atoms with van der Waals surface area (Å²) >= 11 is 0. The Balaban J connectivity index is 0.00000106. The summed E-state index contributed by atoms with van der Waals surface area (Å²) in [7, 11) is 0. The first-order valence-corrected chi connectivity index (χ1v) is 15.5. The average molecular weight is 494 g/mol. The highest BCUT2D eigenvalue weighted by atomic mass is 14.8. The van der Waals surface area contributed by atoms with E-state index in [9.17, 15) is 0 Å². The third-order valence-electron chi connectivity index (χ3n) is 9.51. The van der Waals surface area contributed by atoms with Crippen LogP contribution in [-0.2, 0) is 19.3 Å². The van der Waals surface area contributed by atoms with E-state index in [2.05, 4.69) is 66.0 Å². The largest absolute Gasteiger partial charge is 0.324 e. The summed E-state index contributed by atoms with van der Waals surface area (Å²) in [5.74, 6) is 2.85. The molecule has 1 aromatic rings. The molecule has 1 fully saturated rings. The Morgan fingerprint density at radius 3 is 2.50 bits per heavy atom. The molecule has 1 nitrogen and oxygen atoms in total. The zero-order chi connectivity index (χ0) is 26.6. The molecular weight excluding hydrogens is 434 g/mol. The summed E-state index contributed by atoms with van der Waals surface area (Å²) in [6, 6.07) is 7.02. The minimum absolute atomic E-state index is 0.0273. The zero-order valence-electron chi connectivity index (χ0n) is 24.7. The van der Waals surface area contributed by atoms with Gasteiger partial charge in [0.25, 0.3) is 0 Å². The third kappa shape index (κ3) is 8.34. The molecule has 1 aromatic carbocycles. The molecule has 0 heterocycles. The number of rotatable bonds is 14. The molecule has 1 heteroatoms. The van der Waals surface area contributed by atoms with Gasteiger partial charge in [-0.25, -0.2) is 0 Å². The van der Waals surface area contributed by atoms with Gasteiger partial charge in [0, 0.05) is 5.54 Å². The molecule has 1 saturated carbocycles. The Bertz CT molecular complexity index is 792. The van der Waals surface area contributed by atoms with Crippen molar-refractivity contribution in [2.24, 2.45) is 29.4 Å². The Morgan fingerprint density at radius 2 is 1.86 bits per heavy atom. The molecule has 36 heavy (non-hydrogen) atoms. The molecule has 204 valence electrons. The Kier molecular flexibility index (Phi) is 13.6. The van der Waals surface area contributed by atoms with E-state index in [1.165, 1.54) is 89.0 Å². The number of allylic oxidation sites excluding steroid dienone is 2. The van der Waals surface area contributed by atoms with Crippen LogP contribution in [0.25, 0.3) is 0 Å². The average Bonchev–Trinajstić information content (AvgIpc) is 3.20. The first-order valence-electron chi connectivity index (χ1n) is 15.5. The lowest BCUT2D eigenvalue weighted by Gasteiger charge is -2.42. The van der Waals surface area contributed by atoms with E-state index < -0.39 is 0 Å². The standard InChI is InChI=1S/C31H51N.C4H8/c1-6-9-10-13-25(20-24(5)23(4)8-3)16-17-28-18-19-29-21-30-26(12-7-2)14-11-15-27(30)22-31(28,29)32;1-3-4-2/h11,14-15,23,25,28-29H,5-10,12-13,16-22,32H2,1-4H3;3H,1,4H2,2H3. The van der Waals surface area contributed by atoms with Crippen LogP contribution in [0.15, 0.2) is 43.0 Å². The molecule has 5 unspecified atom stereocenters. The van der Waals surface area contributed by atoms with Crippen molar-refractivity contribution >= 4 is 0 Å². The normalized spacial score (nSPS) is 24.2. The second-order valence-electron chi connectivity index (χ2n) is 12.1. The summed E-state index contributed by atoms with van der Waals surface area (Å²) < 4.78 is 0. The zero-order valence-corrected chi connectivity index (χ0v) is 24.7. The number of nitrogens with two attached hydrogens (primary N) is 1. The number of hydrogen-bond acceptors (Lipinski definition) is 1. The van der Waals surface area contributed by atoms with Crippen LogP contribution in [0.5, 0.6) is 0 Å². The van der Waals surface area contributed by atoms with Gasteiger partial charge in [0.15, 0.2) is 0 Å². The van der Waals surface area contributed by atoms with Crippen molar-refractivity contribution in [1.29, 1.82) is 0 Å². The fourth-order valence-electron chi connectivity index (χ4n) is 6.79. The number of hydrogen-bond donors (Lipinski definition) is 1. The topological polar surface area (TPSA) is 26.0 Å². The molecule has 5 atom stereocenters. The monoisotopic (exact) mass is 493 g/mol. The van der Waals surface area contributed by atoms with Crippen molar-refractivity contribution in [2.45, 2.75) is 136 Å². The number of unbranched alkanes of at least 4 members (excludes halogenated alkanes) is 2. The summed E-state index contributed by atoms with van der Waals surface area (Å²) in [6.45, 7) is 19.3. The van der Waals surface area contributed by atoms with Crippen molar-refractivity contribution in [3.8, 4) is 0 Å². The van der Waals surface area contributed by atoms with Gasteiger partial charge in [0.05, 0.1) is 0 Å². The maximum Gasteiger partial charge on any atom is 0.0255 e. The molecule has 0 aliphatic heterocycles. The highest BCUT2D eigenvalue weighted by molar-refractivity contribution is 5.40. The Morgan fingerprint density at radius 1 is 1.11 bits per heavy atom. The molecule has 2 aliphatic carbocycles. The van der Waals surface area contributed by atoms with Gasteiger partial charge in [0.2, 0.25) is 0 Å². The van der Waals surface area contributed by atoms with Crippen LogP contribution in [0.1, 0.15) is 128 Å². The lowest BCUT2D eigenvalue weighted by Crippen LogP contribution is -2.53. The van der Waals surface area contributed by atoms with Gasteiger partial charge in [-0.05, 0) is 105 Å². The van der Waals surface area contributed by atoms with E-state index in [0.29, 0.717) is 17.8 Å². The minimum Gasteiger partial charge on any atom is -0.324 e. The van der Waals surface area contributed by atoms with Crippen molar-refractivity contribution in [3.05, 3.63) is 59.7 Å². The lowest BCUT2D eigenvalue weighted by atomic mass is 9.67. The maximum absolute atomic E-state index is 7.31. The predicted octanol–water partition coefficient (Wildman–Crippen LogP) is 10.0. The highest BCUT2D eigenvalue weighted by Crippen LogP contribution is 2.49. The van der Waals surface area contributed by atoms with E-state index in [0.717, 1.165) is 18.8 Å². The summed E-state index contributed by atoms with van der Waals surface area (Å²) in [5, 5.41) is 0. The van der Waals surface area contributed by atoms with Crippen LogP contribution in [0, 0.1) is 23.7 Å². The Labute approximate surface area is 225 Å². The molecule has 3 rings (SSSR count). The van der Waals surface area contributed by atoms with Crippen LogP contribution >= 0.6 is 0 Å². The lowest BCUT2D eigenvalue weighted by molar-refractivity contribution is 0.206. The van der Waals surface area contributed by atoms with Gasteiger partial charge >= 0.3 is 0 Å². The van der Waals surface area contributed by atoms with Crippen molar-refractivity contribution in [2.75, 3.05) is 0 Å². The van der Waals surface area contributed by atoms with Crippen molar-refractivity contribution in [3.63, 3.8) is 0 Å². The summed E-state index contributed by atoms with van der Waals surface area (Å²) in [6.07, 6.45) is 21.0. The van der Waals surface area contributed by atoms with E-state index in [1.807, 2.05) is 6.08 Å². The van der Waals surface area contributed by atoms with E-state index in [4.69, 9.17) is 5.73 Å². The predicted molar refractivity (Wildman–Crippen MR) is 162 cm³/mol. The van der Waals surface area contributed by atoms with Gasteiger partial charge in [0.1, 0.15) is 0 Å². The molecule has 0 aromatic heterocycles. The van der Waals surface area contributed by atoms with Crippen LogP contribution in [0.4, 0.5) is 0 Å². The second-order valence-corrected chi connectivity index (χ2v) is 12.1. The summed E-state index contributed by atoms with van der Waals surface area (Å²) in [4.78, 5) is 0. The van der Waals surface area contributed by atoms with Crippen molar-refractivity contribution < 1.29 is 0 Å². The second kappa shape index (κ2) is 15.8. The molecule has 0 spiro atoms. The number of fused-ring (bicyclic) bond motifs is 2. The van der Waals surface area contributed by atoms with E-state index >= 15 is 0 Å². The van der Waals surface area contributed by atoms with E-state index in [-0.39, 0.29) is 5.54 Å². The number of benzene rings is 1. The van der Waals surface area contributed by atoms with Gasteiger partial charge in [-0.15, -0.1) is 6.58 Å². The van der Waals surface area contributed by atoms with Crippen LogP contribution in [-0.4, -0.2) is 5.54 Å². The molecule has 0 radical (unpaired) electrons. The van der Waals surface area contributed by atoms with Crippen molar-refractivity contribution in [1.82, 2.24) is 0 Å². The first-order chi connectivity index (χ1) is 17.3.